The average molecular weight is 343 g/mol. The van der Waals surface area contributed by atoms with Crippen molar-refractivity contribution in [2.45, 2.75) is 57.5 Å². The SMILES string of the molecule is Cc1nnc2ccc(N3CCC(NC(=O)NC4CCCC4)CC3)nn12. The molecule has 8 nitrogen and oxygen atoms in total. The molecular formula is C17H25N7O. The van der Waals surface area contributed by atoms with E-state index in [0.29, 0.717) is 6.04 Å². The number of hydrogen-bond donors (Lipinski definition) is 2. The molecule has 2 aromatic heterocycles. The lowest BCUT2D eigenvalue weighted by molar-refractivity contribution is 0.230. The van der Waals surface area contributed by atoms with Crippen LogP contribution in [0.25, 0.3) is 5.65 Å². The van der Waals surface area contributed by atoms with Gasteiger partial charge in [0.1, 0.15) is 5.82 Å². The second-order valence-corrected chi connectivity index (χ2v) is 7.07. The number of nitrogens with one attached hydrogen (secondary N) is 2. The minimum Gasteiger partial charge on any atom is -0.355 e. The molecule has 0 bridgehead atoms. The van der Waals surface area contributed by atoms with E-state index in [2.05, 4.69) is 30.8 Å². The van der Waals surface area contributed by atoms with Crippen molar-refractivity contribution < 1.29 is 4.79 Å². The van der Waals surface area contributed by atoms with E-state index < -0.39 is 0 Å². The Kier molecular flexibility index (Phi) is 4.42. The summed E-state index contributed by atoms with van der Waals surface area (Å²) >= 11 is 0. The zero-order valence-electron chi connectivity index (χ0n) is 14.6. The molecule has 0 spiro atoms. The second-order valence-electron chi connectivity index (χ2n) is 7.07. The molecule has 134 valence electrons. The van der Waals surface area contributed by atoms with Crippen LogP contribution in [0.3, 0.4) is 0 Å². The predicted octanol–water partition coefficient (Wildman–Crippen LogP) is 1.64. The summed E-state index contributed by atoms with van der Waals surface area (Å²) < 4.78 is 1.77. The smallest absolute Gasteiger partial charge is 0.315 e. The fourth-order valence-electron chi connectivity index (χ4n) is 3.79. The van der Waals surface area contributed by atoms with E-state index in [4.69, 9.17) is 0 Å². The Morgan fingerprint density at radius 1 is 1.04 bits per heavy atom. The summed E-state index contributed by atoms with van der Waals surface area (Å²) in [6.45, 7) is 3.66. The van der Waals surface area contributed by atoms with Gasteiger partial charge in [0, 0.05) is 25.2 Å². The minimum atomic E-state index is -0.00925. The Labute approximate surface area is 147 Å². The Bertz CT molecular complexity index is 745. The lowest BCUT2D eigenvalue weighted by Gasteiger charge is -2.33. The number of carbonyl (C=O) groups is 1. The molecule has 25 heavy (non-hydrogen) atoms. The summed E-state index contributed by atoms with van der Waals surface area (Å²) in [6.07, 6.45) is 6.54. The van der Waals surface area contributed by atoms with Crippen molar-refractivity contribution in [1.82, 2.24) is 30.4 Å². The summed E-state index contributed by atoms with van der Waals surface area (Å²) in [5, 5.41) is 19.0. The predicted molar refractivity (Wildman–Crippen MR) is 94.7 cm³/mol. The molecule has 3 heterocycles. The maximum Gasteiger partial charge on any atom is 0.315 e. The van der Waals surface area contributed by atoms with Gasteiger partial charge in [-0.25, -0.2) is 4.79 Å². The highest BCUT2D eigenvalue weighted by molar-refractivity contribution is 5.74. The Morgan fingerprint density at radius 2 is 1.72 bits per heavy atom. The number of aromatic nitrogens is 4. The van der Waals surface area contributed by atoms with Crippen LogP contribution < -0.4 is 15.5 Å². The summed E-state index contributed by atoms with van der Waals surface area (Å²) in [5.41, 5.74) is 0.765. The maximum atomic E-state index is 12.1. The van der Waals surface area contributed by atoms with Crippen LogP contribution in [0.2, 0.25) is 0 Å². The number of aryl methyl sites for hydroxylation is 1. The quantitative estimate of drug-likeness (QED) is 0.885. The lowest BCUT2D eigenvalue weighted by atomic mass is 10.1. The van der Waals surface area contributed by atoms with Crippen LogP contribution in [-0.4, -0.2) is 51.0 Å². The number of carbonyl (C=O) groups excluding carboxylic acids is 1. The second kappa shape index (κ2) is 6.85. The minimum absolute atomic E-state index is 0.00925. The van der Waals surface area contributed by atoms with E-state index in [1.165, 1.54) is 12.8 Å². The van der Waals surface area contributed by atoms with Gasteiger partial charge < -0.3 is 15.5 Å². The van der Waals surface area contributed by atoms with Crippen molar-refractivity contribution in [3.63, 3.8) is 0 Å². The van der Waals surface area contributed by atoms with Gasteiger partial charge in [-0.15, -0.1) is 15.3 Å². The first-order chi connectivity index (χ1) is 12.2. The third kappa shape index (κ3) is 3.52. The number of piperidine rings is 1. The van der Waals surface area contributed by atoms with E-state index in [1.54, 1.807) is 4.52 Å². The van der Waals surface area contributed by atoms with Gasteiger partial charge in [0.2, 0.25) is 0 Å². The number of rotatable bonds is 3. The van der Waals surface area contributed by atoms with Gasteiger partial charge in [0.25, 0.3) is 0 Å². The largest absolute Gasteiger partial charge is 0.355 e. The summed E-state index contributed by atoms with van der Waals surface area (Å²) in [5.74, 6) is 1.72. The van der Waals surface area contributed by atoms with Crippen molar-refractivity contribution in [3.05, 3.63) is 18.0 Å². The molecule has 1 saturated heterocycles. The van der Waals surface area contributed by atoms with E-state index >= 15 is 0 Å². The first kappa shape index (κ1) is 16.1. The topological polar surface area (TPSA) is 87.5 Å². The molecule has 2 N–H and O–H groups in total. The molecular weight excluding hydrogens is 318 g/mol. The standard InChI is InChI=1S/C17H25N7O/c1-12-20-21-15-6-7-16(22-24(12)15)23-10-8-14(9-11-23)19-17(25)18-13-4-2-3-5-13/h6-7,13-14H,2-5,8-11H2,1H3,(H2,18,19,25). The summed E-state index contributed by atoms with van der Waals surface area (Å²) in [7, 11) is 0. The lowest BCUT2D eigenvalue weighted by Crippen LogP contribution is -2.49. The van der Waals surface area contributed by atoms with Crippen LogP contribution in [0.5, 0.6) is 0 Å². The summed E-state index contributed by atoms with van der Waals surface area (Å²) in [6, 6.07) is 4.53. The average Bonchev–Trinajstić information content (AvgIpc) is 3.25. The molecule has 2 aromatic rings. The Morgan fingerprint density at radius 3 is 2.44 bits per heavy atom. The van der Waals surface area contributed by atoms with Crippen molar-refractivity contribution in [3.8, 4) is 0 Å². The third-order valence-electron chi connectivity index (χ3n) is 5.25. The molecule has 1 aliphatic heterocycles. The number of amides is 2. The number of fused-ring (bicyclic) bond motifs is 1. The highest BCUT2D eigenvalue weighted by Gasteiger charge is 2.23. The van der Waals surface area contributed by atoms with E-state index in [9.17, 15) is 4.79 Å². The fraction of sp³-hybridized carbons (Fsp3) is 0.647. The molecule has 0 aromatic carbocycles. The molecule has 1 aliphatic carbocycles. The van der Waals surface area contributed by atoms with Gasteiger partial charge in [-0.3, -0.25) is 0 Å². The Hall–Kier alpha value is -2.38. The monoisotopic (exact) mass is 343 g/mol. The van der Waals surface area contributed by atoms with Crippen LogP contribution in [-0.2, 0) is 0 Å². The maximum absolute atomic E-state index is 12.1. The molecule has 2 amide bonds. The van der Waals surface area contributed by atoms with Crippen molar-refractivity contribution in [2.24, 2.45) is 0 Å². The normalized spacial score (nSPS) is 19.5. The van der Waals surface area contributed by atoms with Gasteiger partial charge in [0.15, 0.2) is 11.5 Å². The van der Waals surface area contributed by atoms with Crippen molar-refractivity contribution in [1.29, 1.82) is 0 Å². The summed E-state index contributed by atoms with van der Waals surface area (Å²) in [4.78, 5) is 14.4. The van der Waals surface area contributed by atoms with Gasteiger partial charge in [-0.1, -0.05) is 12.8 Å². The van der Waals surface area contributed by atoms with Gasteiger partial charge in [-0.05, 0) is 44.7 Å². The molecule has 0 radical (unpaired) electrons. The van der Waals surface area contributed by atoms with Crippen LogP contribution in [0.15, 0.2) is 12.1 Å². The fourth-order valence-corrected chi connectivity index (χ4v) is 3.79. The van der Waals surface area contributed by atoms with E-state index in [0.717, 1.165) is 56.1 Å². The molecule has 2 aliphatic rings. The number of urea groups is 1. The zero-order chi connectivity index (χ0) is 17.2. The first-order valence-corrected chi connectivity index (χ1v) is 9.20. The Balaban J connectivity index is 1.31. The number of nitrogens with zero attached hydrogens (tertiary/aromatic N) is 5. The molecule has 4 rings (SSSR count). The third-order valence-corrected chi connectivity index (χ3v) is 5.25. The van der Waals surface area contributed by atoms with Crippen molar-refractivity contribution >= 4 is 17.5 Å². The molecule has 0 unspecified atom stereocenters. The number of anilines is 1. The van der Waals surface area contributed by atoms with Gasteiger partial charge in [-0.2, -0.15) is 4.52 Å². The van der Waals surface area contributed by atoms with Crippen LogP contribution in [0.4, 0.5) is 10.6 Å². The van der Waals surface area contributed by atoms with Gasteiger partial charge in [0.05, 0.1) is 0 Å². The van der Waals surface area contributed by atoms with Gasteiger partial charge >= 0.3 is 6.03 Å². The highest BCUT2D eigenvalue weighted by Crippen LogP contribution is 2.19. The van der Waals surface area contributed by atoms with Crippen LogP contribution in [0.1, 0.15) is 44.3 Å². The van der Waals surface area contributed by atoms with Crippen molar-refractivity contribution in [2.75, 3.05) is 18.0 Å². The molecule has 0 atom stereocenters. The van der Waals surface area contributed by atoms with E-state index in [1.807, 2.05) is 19.1 Å². The van der Waals surface area contributed by atoms with Crippen LogP contribution in [0, 0.1) is 6.92 Å². The first-order valence-electron chi connectivity index (χ1n) is 9.20. The van der Waals surface area contributed by atoms with Crippen LogP contribution >= 0.6 is 0 Å². The zero-order valence-corrected chi connectivity index (χ0v) is 14.6. The number of hydrogen-bond acceptors (Lipinski definition) is 5. The van der Waals surface area contributed by atoms with E-state index in [-0.39, 0.29) is 12.1 Å². The molecule has 1 saturated carbocycles. The molecule has 8 heteroatoms. The highest BCUT2D eigenvalue weighted by atomic mass is 16.2. The molecule has 2 fully saturated rings.